The summed E-state index contributed by atoms with van der Waals surface area (Å²) in [5.41, 5.74) is 0.163. The van der Waals surface area contributed by atoms with Crippen LogP contribution in [-0.2, 0) is 0 Å². The highest BCUT2D eigenvalue weighted by Gasteiger charge is 2.32. The van der Waals surface area contributed by atoms with Crippen LogP contribution in [0.2, 0.25) is 0 Å². The number of halogens is 3. The average molecular weight is 287 g/mol. The number of alkyl halides is 3. The fourth-order valence-corrected chi connectivity index (χ4v) is 1.61. The van der Waals surface area contributed by atoms with Crippen LogP contribution in [0.4, 0.5) is 18.9 Å². The Morgan fingerprint density at radius 2 is 2.10 bits per heavy atom. The lowest BCUT2D eigenvalue weighted by Gasteiger charge is -2.10. The predicted octanol–water partition coefficient (Wildman–Crippen LogP) is 2.99. The number of ether oxygens (including phenoxy) is 1. The molecule has 9 heteroatoms. The largest absolute Gasteiger partial charge is 0.573 e. The standard InChI is InChI=1S/C11H8F3N3O3/c1-7-5-16(6-15-7)10-4-8(20-11(12,13)14)2-3-9(10)17(18)19/h2-6H,1H3. The van der Waals surface area contributed by atoms with E-state index in [4.69, 9.17) is 0 Å². The molecule has 106 valence electrons. The van der Waals surface area contributed by atoms with Crippen molar-refractivity contribution in [1.29, 1.82) is 0 Å². The van der Waals surface area contributed by atoms with Crippen molar-refractivity contribution < 1.29 is 22.8 Å². The molecule has 20 heavy (non-hydrogen) atoms. The summed E-state index contributed by atoms with van der Waals surface area (Å²) in [5, 5.41) is 10.9. The number of benzene rings is 1. The molecule has 1 heterocycles. The fourth-order valence-electron chi connectivity index (χ4n) is 1.61. The van der Waals surface area contributed by atoms with E-state index in [2.05, 4.69) is 9.72 Å². The maximum Gasteiger partial charge on any atom is 0.573 e. The molecule has 0 amide bonds. The smallest absolute Gasteiger partial charge is 0.406 e. The number of nitro groups is 1. The lowest BCUT2D eigenvalue weighted by molar-refractivity contribution is -0.384. The average Bonchev–Trinajstić information content (AvgIpc) is 2.73. The lowest BCUT2D eigenvalue weighted by atomic mass is 10.2. The molecule has 0 bridgehead atoms. The Morgan fingerprint density at radius 3 is 2.60 bits per heavy atom. The summed E-state index contributed by atoms with van der Waals surface area (Å²) in [5.74, 6) is -0.538. The zero-order chi connectivity index (χ0) is 14.9. The number of aryl methyl sites for hydroxylation is 1. The molecule has 6 nitrogen and oxygen atoms in total. The SMILES string of the molecule is Cc1cn(-c2cc(OC(F)(F)F)ccc2[N+](=O)[O-])cn1. The Balaban J connectivity index is 2.50. The van der Waals surface area contributed by atoms with Gasteiger partial charge in [0.1, 0.15) is 11.4 Å². The summed E-state index contributed by atoms with van der Waals surface area (Å²) in [6.07, 6.45) is -2.13. The molecule has 0 saturated heterocycles. The molecule has 0 spiro atoms. The maximum absolute atomic E-state index is 12.2. The third-order valence-corrected chi connectivity index (χ3v) is 2.37. The summed E-state index contributed by atoms with van der Waals surface area (Å²) in [6, 6.07) is 2.78. The fraction of sp³-hybridized carbons (Fsp3) is 0.182. The second-order valence-electron chi connectivity index (χ2n) is 3.88. The van der Waals surface area contributed by atoms with Gasteiger partial charge in [0, 0.05) is 18.3 Å². The van der Waals surface area contributed by atoms with Crippen molar-refractivity contribution in [1.82, 2.24) is 9.55 Å². The Morgan fingerprint density at radius 1 is 1.40 bits per heavy atom. The van der Waals surface area contributed by atoms with Gasteiger partial charge in [0.15, 0.2) is 0 Å². The summed E-state index contributed by atoms with van der Waals surface area (Å²) in [7, 11) is 0. The van der Waals surface area contributed by atoms with E-state index in [-0.39, 0.29) is 11.4 Å². The van der Waals surface area contributed by atoms with E-state index < -0.39 is 17.0 Å². The van der Waals surface area contributed by atoms with Gasteiger partial charge in [-0.2, -0.15) is 0 Å². The molecule has 0 aliphatic carbocycles. The minimum Gasteiger partial charge on any atom is -0.406 e. The number of aromatic nitrogens is 2. The highest BCUT2D eigenvalue weighted by Crippen LogP contribution is 2.30. The third-order valence-electron chi connectivity index (χ3n) is 2.37. The monoisotopic (exact) mass is 287 g/mol. The molecular weight excluding hydrogens is 279 g/mol. The van der Waals surface area contributed by atoms with Gasteiger partial charge in [0.2, 0.25) is 0 Å². The summed E-state index contributed by atoms with van der Waals surface area (Å²) in [4.78, 5) is 14.1. The number of nitrogens with zero attached hydrogens (tertiary/aromatic N) is 3. The Kier molecular flexibility index (Phi) is 3.35. The van der Waals surface area contributed by atoms with Crippen molar-refractivity contribution >= 4 is 5.69 Å². The highest BCUT2D eigenvalue weighted by atomic mass is 19.4. The van der Waals surface area contributed by atoms with Crippen LogP contribution < -0.4 is 4.74 Å². The van der Waals surface area contributed by atoms with E-state index in [0.717, 1.165) is 18.2 Å². The van der Waals surface area contributed by atoms with E-state index in [9.17, 15) is 23.3 Å². The number of hydrogen-bond donors (Lipinski definition) is 0. The van der Waals surface area contributed by atoms with Crippen LogP contribution in [0.3, 0.4) is 0 Å². The molecule has 0 radical (unpaired) electrons. The first-order valence-electron chi connectivity index (χ1n) is 5.31. The lowest BCUT2D eigenvalue weighted by Crippen LogP contribution is -2.17. The zero-order valence-corrected chi connectivity index (χ0v) is 10.1. The predicted molar refractivity (Wildman–Crippen MR) is 61.6 cm³/mol. The molecule has 0 fully saturated rings. The van der Waals surface area contributed by atoms with Crippen molar-refractivity contribution in [2.75, 3.05) is 0 Å². The highest BCUT2D eigenvalue weighted by molar-refractivity contribution is 5.56. The Hall–Kier alpha value is -2.58. The van der Waals surface area contributed by atoms with Gasteiger partial charge in [-0.25, -0.2) is 4.98 Å². The normalized spacial score (nSPS) is 11.4. The molecule has 1 aromatic carbocycles. The Labute approximate surface area is 110 Å². The van der Waals surface area contributed by atoms with Crippen molar-refractivity contribution in [2.45, 2.75) is 13.3 Å². The number of nitro benzene ring substituents is 1. The van der Waals surface area contributed by atoms with Crippen LogP contribution in [0.15, 0.2) is 30.7 Å². The summed E-state index contributed by atoms with van der Waals surface area (Å²) in [6.45, 7) is 1.65. The van der Waals surface area contributed by atoms with Gasteiger partial charge >= 0.3 is 6.36 Å². The minimum atomic E-state index is -4.86. The third kappa shape index (κ3) is 3.05. The van der Waals surface area contributed by atoms with Crippen LogP contribution in [0.25, 0.3) is 5.69 Å². The van der Waals surface area contributed by atoms with Gasteiger partial charge < -0.3 is 4.74 Å². The van der Waals surface area contributed by atoms with Crippen molar-refractivity contribution in [2.24, 2.45) is 0 Å². The van der Waals surface area contributed by atoms with Crippen LogP contribution >= 0.6 is 0 Å². The summed E-state index contributed by atoms with van der Waals surface area (Å²) >= 11 is 0. The van der Waals surface area contributed by atoms with Crippen LogP contribution in [-0.4, -0.2) is 20.8 Å². The molecule has 2 aromatic rings. The van der Waals surface area contributed by atoms with Crippen LogP contribution in [0.1, 0.15) is 5.69 Å². The molecule has 2 rings (SSSR count). The van der Waals surface area contributed by atoms with Gasteiger partial charge in [-0.1, -0.05) is 0 Å². The number of imidazole rings is 1. The quantitative estimate of drug-likeness (QED) is 0.642. The topological polar surface area (TPSA) is 70.2 Å². The second-order valence-corrected chi connectivity index (χ2v) is 3.88. The first-order chi connectivity index (χ1) is 9.26. The van der Waals surface area contributed by atoms with Gasteiger partial charge in [0.05, 0.1) is 16.9 Å². The van der Waals surface area contributed by atoms with Crippen molar-refractivity contribution in [3.05, 3.63) is 46.5 Å². The Bertz CT molecular complexity index is 652. The van der Waals surface area contributed by atoms with Gasteiger partial charge in [0.25, 0.3) is 5.69 Å². The molecule has 0 atom stereocenters. The van der Waals surface area contributed by atoms with Gasteiger partial charge in [-0.3, -0.25) is 14.7 Å². The molecule has 1 aromatic heterocycles. The zero-order valence-electron chi connectivity index (χ0n) is 10.1. The molecule has 0 aliphatic rings. The van der Waals surface area contributed by atoms with E-state index >= 15 is 0 Å². The molecule has 0 unspecified atom stereocenters. The molecule has 0 N–H and O–H groups in total. The first-order valence-corrected chi connectivity index (χ1v) is 5.31. The van der Waals surface area contributed by atoms with Crippen LogP contribution in [0, 0.1) is 17.0 Å². The molecular formula is C11H8F3N3O3. The molecule has 0 aliphatic heterocycles. The van der Waals surface area contributed by atoms with E-state index in [0.29, 0.717) is 5.69 Å². The van der Waals surface area contributed by atoms with E-state index in [1.54, 1.807) is 6.92 Å². The molecule has 0 saturated carbocycles. The second kappa shape index (κ2) is 4.83. The summed E-state index contributed by atoms with van der Waals surface area (Å²) < 4.78 is 41.5. The van der Waals surface area contributed by atoms with Gasteiger partial charge in [-0.15, -0.1) is 13.2 Å². The van der Waals surface area contributed by atoms with Gasteiger partial charge in [-0.05, 0) is 13.0 Å². The maximum atomic E-state index is 12.2. The van der Waals surface area contributed by atoms with Crippen molar-refractivity contribution in [3.8, 4) is 11.4 Å². The van der Waals surface area contributed by atoms with E-state index in [1.807, 2.05) is 0 Å². The number of hydrogen-bond acceptors (Lipinski definition) is 4. The van der Waals surface area contributed by atoms with E-state index in [1.165, 1.54) is 17.1 Å². The number of rotatable bonds is 3. The van der Waals surface area contributed by atoms with Crippen LogP contribution in [0.5, 0.6) is 5.75 Å². The van der Waals surface area contributed by atoms with Crippen molar-refractivity contribution in [3.63, 3.8) is 0 Å². The first kappa shape index (κ1) is 13.8. The minimum absolute atomic E-state index is 0.0580.